The normalized spacial score (nSPS) is 12.1. The van der Waals surface area contributed by atoms with Gasteiger partial charge in [0.05, 0.1) is 41.2 Å². The van der Waals surface area contributed by atoms with E-state index < -0.39 is 66.4 Å². The minimum absolute atomic E-state index is 0. The van der Waals surface area contributed by atoms with Gasteiger partial charge < -0.3 is 19.3 Å². The van der Waals surface area contributed by atoms with Gasteiger partial charge in [-0.2, -0.15) is 16.8 Å². The van der Waals surface area contributed by atoms with E-state index in [1.54, 1.807) is 6.92 Å². The molecule has 4 aromatic rings. The molecule has 0 fully saturated rings. The first-order chi connectivity index (χ1) is 18.9. The van der Waals surface area contributed by atoms with Crippen LogP contribution in [0, 0.1) is 17.0 Å². The van der Waals surface area contributed by atoms with Crippen LogP contribution in [0.15, 0.2) is 51.1 Å². The predicted octanol–water partition coefficient (Wildman–Crippen LogP) is -0.233. The molecular formula is C22H18N3NaO13S3. The molecule has 1 heterocycles. The Kier molecular flexibility index (Phi) is 9.14. The summed E-state index contributed by atoms with van der Waals surface area (Å²) in [6, 6.07) is 5.06. The number of fused-ring (bicyclic) bond motifs is 2. The first-order valence-corrected chi connectivity index (χ1v) is 15.2. The number of hydrogen-bond acceptors (Lipinski definition) is 13. The molecular weight excluding hydrogens is 633 g/mol. The van der Waals surface area contributed by atoms with Crippen LogP contribution in [0.3, 0.4) is 0 Å². The summed E-state index contributed by atoms with van der Waals surface area (Å²) in [6.45, 7) is 1.55. The zero-order valence-corrected chi connectivity index (χ0v) is 26.4. The first-order valence-electron chi connectivity index (χ1n) is 10.9. The van der Waals surface area contributed by atoms with Gasteiger partial charge in [0.25, 0.3) is 20.2 Å². The number of benzene rings is 3. The summed E-state index contributed by atoms with van der Waals surface area (Å²) < 4.78 is 114. The van der Waals surface area contributed by atoms with Gasteiger partial charge in [0, 0.05) is 22.2 Å². The van der Waals surface area contributed by atoms with E-state index in [4.69, 9.17) is 9.47 Å². The van der Waals surface area contributed by atoms with E-state index in [2.05, 4.69) is 10.3 Å². The van der Waals surface area contributed by atoms with Crippen molar-refractivity contribution in [3.05, 3.63) is 52.2 Å². The molecule has 4 rings (SSSR count). The number of anilines is 2. The van der Waals surface area contributed by atoms with E-state index in [9.17, 15) is 49.0 Å². The fraction of sp³-hybridized carbons (Fsp3) is 0.136. The molecule has 16 nitrogen and oxygen atoms in total. The molecule has 218 valence electrons. The molecule has 0 aliphatic heterocycles. The van der Waals surface area contributed by atoms with Gasteiger partial charge in [-0.25, -0.2) is 13.4 Å². The van der Waals surface area contributed by atoms with Crippen LogP contribution < -0.4 is 44.3 Å². The number of aryl methyl sites for hydroxylation is 1. The van der Waals surface area contributed by atoms with E-state index in [-0.39, 0.29) is 63.3 Å². The number of nitrogens with one attached hydrogen (secondary N) is 1. The van der Waals surface area contributed by atoms with E-state index in [1.807, 2.05) is 0 Å². The van der Waals surface area contributed by atoms with Gasteiger partial charge in [-0.1, -0.05) is 0 Å². The molecule has 3 N–H and O–H groups in total. The van der Waals surface area contributed by atoms with Crippen molar-refractivity contribution in [2.45, 2.75) is 21.6 Å². The third-order valence-electron chi connectivity index (χ3n) is 5.85. The average Bonchev–Trinajstić information content (AvgIpc) is 2.85. The maximum Gasteiger partial charge on any atom is 1.00 e. The summed E-state index contributed by atoms with van der Waals surface area (Å²) in [5.74, 6) is -0.316. The van der Waals surface area contributed by atoms with Crippen molar-refractivity contribution in [1.82, 2.24) is 4.98 Å². The summed E-state index contributed by atoms with van der Waals surface area (Å²) in [4.78, 5) is 12.0. The number of nitro groups is 1. The quantitative estimate of drug-likeness (QED) is 0.0962. The predicted molar refractivity (Wildman–Crippen MR) is 141 cm³/mol. The summed E-state index contributed by atoms with van der Waals surface area (Å²) >= 11 is 0. The third-order valence-corrected chi connectivity index (χ3v) is 8.46. The second kappa shape index (κ2) is 11.5. The molecule has 3 aromatic carbocycles. The Morgan fingerprint density at radius 2 is 1.50 bits per heavy atom. The fourth-order valence-electron chi connectivity index (χ4n) is 4.28. The largest absolute Gasteiger partial charge is 1.00 e. The van der Waals surface area contributed by atoms with E-state index in [0.717, 1.165) is 25.3 Å². The van der Waals surface area contributed by atoms with Gasteiger partial charge in [-0.05, 0) is 37.3 Å². The number of methoxy groups -OCH3 is 2. The minimum Gasteiger partial charge on any atom is -0.744 e. The molecule has 0 saturated heterocycles. The maximum absolute atomic E-state index is 12.4. The second-order valence-electron chi connectivity index (χ2n) is 8.41. The van der Waals surface area contributed by atoms with Crippen molar-refractivity contribution in [3.63, 3.8) is 0 Å². The monoisotopic (exact) mass is 651 g/mol. The van der Waals surface area contributed by atoms with Crippen LogP contribution in [0.1, 0.15) is 5.69 Å². The van der Waals surface area contributed by atoms with Gasteiger partial charge in [0.2, 0.25) is 5.75 Å². The first kappa shape index (κ1) is 33.4. The summed E-state index contributed by atoms with van der Waals surface area (Å²) in [7, 11) is -13.5. The van der Waals surface area contributed by atoms with Crippen LogP contribution in [-0.2, 0) is 30.4 Å². The van der Waals surface area contributed by atoms with E-state index >= 15 is 0 Å². The van der Waals surface area contributed by atoms with Crippen LogP contribution in [0.4, 0.5) is 17.1 Å². The Labute approximate surface area is 260 Å². The fourth-order valence-corrected chi connectivity index (χ4v) is 6.31. The molecule has 20 heteroatoms. The zero-order valence-electron chi connectivity index (χ0n) is 22.0. The number of nitrogens with zero attached hydrogens (tertiary/aromatic N) is 2. The van der Waals surface area contributed by atoms with Crippen molar-refractivity contribution in [1.29, 1.82) is 0 Å². The van der Waals surface area contributed by atoms with Crippen LogP contribution in [0.25, 0.3) is 21.7 Å². The summed E-state index contributed by atoms with van der Waals surface area (Å²) in [5, 5.41) is 13.2. The molecule has 42 heavy (non-hydrogen) atoms. The molecule has 0 unspecified atom stereocenters. The van der Waals surface area contributed by atoms with Crippen molar-refractivity contribution in [2.75, 3.05) is 19.5 Å². The molecule has 0 amide bonds. The number of nitro benzene ring substituents is 1. The van der Waals surface area contributed by atoms with Gasteiger partial charge in [-0.3, -0.25) is 19.2 Å². The average molecular weight is 652 g/mol. The van der Waals surface area contributed by atoms with Crippen molar-refractivity contribution in [2.24, 2.45) is 0 Å². The van der Waals surface area contributed by atoms with E-state index in [1.165, 1.54) is 13.2 Å². The number of ether oxygens (including phenoxy) is 2. The Balaban J connectivity index is 0.00000484. The third kappa shape index (κ3) is 6.14. The Morgan fingerprint density at radius 1 is 0.881 bits per heavy atom. The zero-order chi connectivity index (χ0) is 30.7. The molecule has 1 aromatic heterocycles. The molecule has 0 aliphatic carbocycles. The van der Waals surface area contributed by atoms with Gasteiger partial charge in [0.1, 0.15) is 25.4 Å². The van der Waals surface area contributed by atoms with Crippen LogP contribution in [-0.4, -0.2) is 63.0 Å². The molecule has 0 bridgehead atoms. The number of pyridine rings is 1. The molecule has 0 spiro atoms. The van der Waals surface area contributed by atoms with Crippen LogP contribution in [0.5, 0.6) is 11.5 Å². The van der Waals surface area contributed by atoms with Crippen LogP contribution >= 0.6 is 0 Å². The van der Waals surface area contributed by atoms with Crippen LogP contribution in [0.2, 0.25) is 0 Å². The number of hydrogen-bond donors (Lipinski definition) is 3. The summed E-state index contributed by atoms with van der Waals surface area (Å²) in [5.41, 5.74) is -0.432. The van der Waals surface area contributed by atoms with Crippen molar-refractivity contribution in [3.8, 4) is 11.5 Å². The van der Waals surface area contributed by atoms with E-state index in [0.29, 0.717) is 17.8 Å². The van der Waals surface area contributed by atoms with Gasteiger partial charge in [-0.15, -0.1) is 0 Å². The Morgan fingerprint density at radius 3 is 2.00 bits per heavy atom. The Hall–Kier alpha value is -3.14. The molecule has 0 atom stereocenters. The SMILES string of the molecule is COc1cc([N+](=O)[O-])c(OC)c2c(Nc3ccc(S(=O)(=O)O)c4cc(S(=O)(=O)[O-])cc(S(=O)(=O)O)c34)cc(C)nc12.[Na+]. The standard InChI is InChI=1S/C22H19N3O13S3.Na/c1-10-6-14(20-21(23-10)16(37-2)9-15(25(26)27)22(20)38-3)24-13-4-5-17(40(31,32)33)12-7-11(39(28,29)30)8-18(19(12)13)41(34,35)36;/h4-9H,1-3H3,(H,23,24)(H,28,29,30)(H,31,32,33)(H,34,35,36);/q;+1/p-1. The van der Waals surface area contributed by atoms with Crippen molar-refractivity contribution >= 4 is 69.1 Å². The topological polar surface area (TPSA) is 252 Å². The number of aromatic nitrogens is 1. The summed E-state index contributed by atoms with van der Waals surface area (Å²) in [6.07, 6.45) is 0. The van der Waals surface area contributed by atoms with Crippen molar-refractivity contribution < 1.29 is 82.9 Å². The molecule has 0 saturated carbocycles. The van der Waals surface area contributed by atoms with Gasteiger partial charge in [0.15, 0.2) is 5.75 Å². The molecule has 0 radical (unpaired) electrons. The van der Waals surface area contributed by atoms with Gasteiger partial charge >= 0.3 is 35.2 Å². The minimum atomic E-state index is -5.40. The second-order valence-corrected chi connectivity index (χ2v) is 12.6. The number of rotatable bonds is 8. The molecule has 0 aliphatic rings. The maximum atomic E-state index is 12.4. The Bertz CT molecular complexity index is 2120. The smallest absolute Gasteiger partial charge is 0.744 e.